The molecule has 0 saturated heterocycles. The topological polar surface area (TPSA) is 68.2 Å². The van der Waals surface area contributed by atoms with Crippen molar-refractivity contribution in [2.75, 3.05) is 12.4 Å². The van der Waals surface area contributed by atoms with Crippen LogP contribution >= 0.6 is 0 Å². The number of rotatable bonds is 5. The van der Waals surface area contributed by atoms with Crippen LogP contribution in [-0.4, -0.2) is 22.9 Å². The van der Waals surface area contributed by atoms with Gasteiger partial charge in [0.25, 0.3) is 0 Å². The molecule has 6 nitrogen and oxygen atoms in total. The standard InChI is InChI=1S/C19H20N4O2/c1-23-17(15-6-4-3-5-7-15)12-18(22-23)21-19(24)20-13-14-8-10-16(25-2)11-9-14/h3-12H,13H2,1-2H3,(H2,20,21,22,24). The predicted octanol–water partition coefficient (Wildman–Crippen LogP) is 3.42. The molecular weight excluding hydrogens is 316 g/mol. The Morgan fingerprint density at radius 1 is 1.12 bits per heavy atom. The van der Waals surface area contributed by atoms with Gasteiger partial charge in [-0.1, -0.05) is 42.5 Å². The smallest absolute Gasteiger partial charge is 0.320 e. The van der Waals surface area contributed by atoms with E-state index < -0.39 is 0 Å². The number of hydrogen-bond donors (Lipinski definition) is 2. The Hall–Kier alpha value is -3.28. The number of carbonyl (C=O) groups is 1. The van der Waals surface area contributed by atoms with Crippen LogP contribution < -0.4 is 15.4 Å². The maximum absolute atomic E-state index is 12.1. The summed E-state index contributed by atoms with van der Waals surface area (Å²) >= 11 is 0. The van der Waals surface area contributed by atoms with Crippen molar-refractivity contribution in [2.45, 2.75) is 6.54 Å². The first-order valence-corrected chi connectivity index (χ1v) is 7.93. The van der Waals surface area contributed by atoms with E-state index in [9.17, 15) is 4.79 Å². The molecule has 2 amide bonds. The lowest BCUT2D eigenvalue weighted by Crippen LogP contribution is -2.28. The number of aryl methyl sites for hydroxylation is 1. The second kappa shape index (κ2) is 7.53. The maximum atomic E-state index is 12.1. The lowest BCUT2D eigenvalue weighted by molar-refractivity contribution is 0.251. The first-order valence-electron chi connectivity index (χ1n) is 7.93. The molecule has 3 rings (SSSR count). The monoisotopic (exact) mass is 336 g/mol. The lowest BCUT2D eigenvalue weighted by Gasteiger charge is -2.06. The van der Waals surface area contributed by atoms with Crippen LogP contribution in [0.2, 0.25) is 0 Å². The maximum Gasteiger partial charge on any atom is 0.320 e. The highest BCUT2D eigenvalue weighted by Gasteiger charge is 2.09. The summed E-state index contributed by atoms with van der Waals surface area (Å²) in [5.41, 5.74) is 2.97. The fourth-order valence-electron chi connectivity index (χ4n) is 2.49. The number of urea groups is 1. The number of nitrogens with zero attached hydrogens (tertiary/aromatic N) is 2. The third-order valence-corrected chi connectivity index (χ3v) is 3.80. The minimum Gasteiger partial charge on any atom is -0.497 e. The Kier molecular flexibility index (Phi) is 4.99. The van der Waals surface area contributed by atoms with Crippen LogP contribution in [0.5, 0.6) is 5.75 Å². The number of carbonyl (C=O) groups excluding carboxylic acids is 1. The normalized spacial score (nSPS) is 10.3. The van der Waals surface area contributed by atoms with Crippen molar-refractivity contribution in [3.63, 3.8) is 0 Å². The van der Waals surface area contributed by atoms with E-state index in [1.165, 1.54) is 0 Å². The van der Waals surface area contributed by atoms with Crippen molar-refractivity contribution in [3.8, 4) is 17.0 Å². The van der Waals surface area contributed by atoms with Gasteiger partial charge >= 0.3 is 6.03 Å². The fraction of sp³-hybridized carbons (Fsp3) is 0.158. The Morgan fingerprint density at radius 3 is 2.52 bits per heavy atom. The van der Waals surface area contributed by atoms with Gasteiger partial charge in [0.15, 0.2) is 5.82 Å². The van der Waals surface area contributed by atoms with Crippen molar-refractivity contribution in [1.82, 2.24) is 15.1 Å². The summed E-state index contributed by atoms with van der Waals surface area (Å²) in [4.78, 5) is 12.1. The zero-order chi connectivity index (χ0) is 17.6. The molecule has 0 fully saturated rings. The summed E-state index contributed by atoms with van der Waals surface area (Å²) in [5.74, 6) is 1.30. The van der Waals surface area contributed by atoms with Gasteiger partial charge in [0.05, 0.1) is 12.8 Å². The Labute approximate surface area is 146 Å². The van der Waals surface area contributed by atoms with Gasteiger partial charge in [-0.15, -0.1) is 0 Å². The molecule has 0 atom stereocenters. The predicted molar refractivity (Wildman–Crippen MR) is 97.5 cm³/mol. The molecule has 1 aromatic heterocycles. The van der Waals surface area contributed by atoms with E-state index in [2.05, 4.69) is 15.7 Å². The van der Waals surface area contributed by atoms with E-state index in [0.29, 0.717) is 12.4 Å². The minimum atomic E-state index is -0.298. The molecule has 0 unspecified atom stereocenters. The van der Waals surface area contributed by atoms with Gasteiger partial charge in [0.1, 0.15) is 5.75 Å². The molecule has 0 spiro atoms. The zero-order valence-corrected chi connectivity index (χ0v) is 14.2. The van der Waals surface area contributed by atoms with Crippen LogP contribution in [0.15, 0.2) is 60.7 Å². The van der Waals surface area contributed by atoms with Gasteiger partial charge in [0.2, 0.25) is 0 Å². The zero-order valence-electron chi connectivity index (χ0n) is 14.2. The van der Waals surface area contributed by atoms with E-state index in [0.717, 1.165) is 22.6 Å². The van der Waals surface area contributed by atoms with Gasteiger partial charge in [-0.05, 0) is 23.3 Å². The van der Waals surface area contributed by atoms with Gasteiger partial charge in [-0.3, -0.25) is 10.00 Å². The second-order valence-corrected chi connectivity index (χ2v) is 5.56. The van der Waals surface area contributed by atoms with Crippen molar-refractivity contribution >= 4 is 11.8 Å². The van der Waals surface area contributed by atoms with Crippen LogP contribution in [-0.2, 0) is 13.6 Å². The van der Waals surface area contributed by atoms with E-state index >= 15 is 0 Å². The van der Waals surface area contributed by atoms with Crippen LogP contribution in [0.1, 0.15) is 5.56 Å². The van der Waals surface area contributed by atoms with Gasteiger partial charge < -0.3 is 10.1 Å². The van der Waals surface area contributed by atoms with E-state index in [1.54, 1.807) is 11.8 Å². The van der Waals surface area contributed by atoms with E-state index in [-0.39, 0.29) is 6.03 Å². The Balaban J connectivity index is 1.59. The molecule has 0 bridgehead atoms. The van der Waals surface area contributed by atoms with Crippen molar-refractivity contribution < 1.29 is 9.53 Å². The summed E-state index contributed by atoms with van der Waals surface area (Å²) in [6.07, 6.45) is 0. The molecular formula is C19H20N4O2. The number of aromatic nitrogens is 2. The lowest BCUT2D eigenvalue weighted by atomic mass is 10.1. The summed E-state index contributed by atoms with van der Waals surface area (Å²) < 4.78 is 6.86. The summed E-state index contributed by atoms with van der Waals surface area (Å²) in [6, 6.07) is 19.0. The van der Waals surface area contributed by atoms with Crippen LogP contribution in [0.4, 0.5) is 10.6 Å². The average molecular weight is 336 g/mol. The molecule has 0 radical (unpaired) electrons. The fourth-order valence-corrected chi connectivity index (χ4v) is 2.49. The quantitative estimate of drug-likeness (QED) is 0.750. The van der Waals surface area contributed by atoms with Gasteiger partial charge in [0, 0.05) is 19.7 Å². The number of amides is 2. The number of hydrogen-bond acceptors (Lipinski definition) is 3. The third-order valence-electron chi connectivity index (χ3n) is 3.80. The minimum absolute atomic E-state index is 0.298. The van der Waals surface area contributed by atoms with Crippen molar-refractivity contribution in [3.05, 3.63) is 66.2 Å². The molecule has 25 heavy (non-hydrogen) atoms. The molecule has 6 heteroatoms. The molecule has 128 valence electrons. The number of methoxy groups -OCH3 is 1. The van der Waals surface area contributed by atoms with Crippen LogP contribution in [0.3, 0.4) is 0 Å². The number of benzene rings is 2. The largest absolute Gasteiger partial charge is 0.497 e. The van der Waals surface area contributed by atoms with Crippen LogP contribution in [0, 0.1) is 0 Å². The highest BCUT2D eigenvalue weighted by Crippen LogP contribution is 2.21. The van der Waals surface area contributed by atoms with Crippen molar-refractivity contribution in [1.29, 1.82) is 0 Å². The summed E-state index contributed by atoms with van der Waals surface area (Å²) in [5, 5.41) is 9.91. The molecule has 0 aliphatic rings. The Morgan fingerprint density at radius 2 is 1.84 bits per heavy atom. The number of anilines is 1. The average Bonchev–Trinajstić information content (AvgIpc) is 3.01. The molecule has 2 N–H and O–H groups in total. The molecule has 3 aromatic rings. The summed E-state index contributed by atoms with van der Waals surface area (Å²) in [6.45, 7) is 0.425. The number of ether oxygens (including phenoxy) is 1. The van der Waals surface area contributed by atoms with Crippen LogP contribution in [0.25, 0.3) is 11.3 Å². The van der Waals surface area contributed by atoms with Gasteiger partial charge in [-0.2, -0.15) is 5.10 Å². The number of nitrogens with one attached hydrogen (secondary N) is 2. The highest BCUT2D eigenvalue weighted by molar-refractivity contribution is 5.88. The molecule has 0 aliphatic heterocycles. The summed E-state index contributed by atoms with van der Waals surface area (Å²) in [7, 11) is 3.47. The first kappa shape index (κ1) is 16.6. The first-order chi connectivity index (χ1) is 12.2. The molecule has 0 saturated carbocycles. The third kappa shape index (κ3) is 4.17. The van der Waals surface area contributed by atoms with E-state index in [4.69, 9.17) is 4.74 Å². The van der Waals surface area contributed by atoms with E-state index in [1.807, 2.05) is 67.7 Å². The molecule has 0 aliphatic carbocycles. The highest BCUT2D eigenvalue weighted by atomic mass is 16.5. The molecule has 1 heterocycles. The SMILES string of the molecule is COc1ccc(CNC(=O)Nc2cc(-c3ccccc3)n(C)n2)cc1. The second-order valence-electron chi connectivity index (χ2n) is 5.56. The van der Waals surface area contributed by atoms with Crippen molar-refractivity contribution in [2.24, 2.45) is 7.05 Å². The van der Waals surface area contributed by atoms with Gasteiger partial charge in [-0.25, -0.2) is 4.79 Å². The Bertz CT molecular complexity index is 842. The molecule has 2 aromatic carbocycles.